The Morgan fingerprint density at radius 2 is 1.77 bits per heavy atom. The molecule has 3 aromatic carbocycles. The number of ether oxygens (including phenoxy) is 1. The van der Waals surface area contributed by atoms with Crippen LogP contribution in [0.5, 0.6) is 5.19 Å². The molecule has 0 atom stereocenters. The molecule has 1 amide bonds. The molecular weight excluding hydrogens is 460 g/mol. The SMILES string of the molecule is O=C(NO)c1ccc(C=C(CNc2cnc3ccccc3c2)COc2nc3ccccc3s2)cc1. The lowest BCUT2D eigenvalue weighted by molar-refractivity contribution is 0.0706. The molecule has 174 valence electrons. The van der Waals surface area contributed by atoms with Crippen LogP contribution in [0, 0.1) is 0 Å². The number of aromatic nitrogens is 2. The van der Waals surface area contributed by atoms with Gasteiger partial charge in [-0.05, 0) is 47.5 Å². The van der Waals surface area contributed by atoms with E-state index in [-0.39, 0.29) is 0 Å². The number of carbonyl (C=O) groups excluding carboxylic acids is 1. The van der Waals surface area contributed by atoms with Crippen LogP contribution in [0.25, 0.3) is 27.2 Å². The molecule has 8 heteroatoms. The Labute approximate surface area is 205 Å². The average Bonchev–Trinajstić information content (AvgIpc) is 3.33. The fraction of sp³-hybridized carbons (Fsp3) is 0.0741. The zero-order chi connectivity index (χ0) is 24.0. The number of nitrogens with one attached hydrogen (secondary N) is 2. The van der Waals surface area contributed by atoms with Crippen molar-refractivity contribution >= 4 is 50.1 Å². The van der Waals surface area contributed by atoms with Gasteiger partial charge >= 0.3 is 0 Å². The van der Waals surface area contributed by atoms with Gasteiger partial charge in [0.15, 0.2) is 0 Å². The predicted molar refractivity (Wildman–Crippen MR) is 139 cm³/mol. The summed E-state index contributed by atoms with van der Waals surface area (Å²) >= 11 is 1.51. The van der Waals surface area contributed by atoms with Gasteiger partial charge in [-0.1, -0.05) is 59.9 Å². The van der Waals surface area contributed by atoms with Gasteiger partial charge in [0, 0.05) is 17.5 Å². The number of nitrogens with zero attached hydrogens (tertiary/aromatic N) is 2. The second-order valence-electron chi connectivity index (χ2n) is 7.87. The Morgan fingerprint density at radius 1 is 1.00 bits per heavy atom. The number of carbonyl (C=O) groups is 1. The first-order valence-corrected chi connectivity index (χ1v) is 11.8. The van der Waals surface area contributed by atoms with Gasteiger partial charge in [0.05, 0.1) is 27.6 Å². The number of hydroxylamine groups is 1. The Kier molecular flexibility index (Phi) is 6.65. The molecule has 0 fully saturated rings. The van der Waals surface area contributed by atoms with Crippen LogP contribution in [-0.4, -0.2) is 34.2 Å². The Hall–Kier alpha value is -4.27. The highest BCUT2D eigenvalue weighted by Crippen LogP contribution is 2.27. The Morgan fingerprint density at radius 3 is 2.57 bits per heavy atom. The summed E-state index contributed by atoms with van der Waals surface area (Å²) in [6.45, 7) is 0.872. The minimum Gasteiger partial charge on any atom is -0.465 e. The van der Waals surface area contributed by atoms with Crippen LogP contribution in [0.1, 0.15) is 15.9 Å². The molecule has 0 unspecified atom stereocenters. The van der Waals surface area contributed by atoms with Crippen molar-refractivity contribution in [3.63, 3.8) is 0 Å². The summed E-state index contributed by atoms with van der Waals surface area (Å²) in [4.78, 5) is 20.7. The molecule has 0 bridgehead atoms. The number of anilines is 1. The quantitative estimate of drug-likeness (QED) is 0.199. The maximum Gasteiger partial charge on any atom is 0.274 e. The van der Waals surface area contributed by atoms with E-state index in [1.807, 2.05) is 72.9 Å². The van der Waals surface area contributed by atoms with Crippen molar-refractivity contribution in [2.24, 2.45) is 0 Å². The number of hydrogen-bond donors (Lipinski definition) is 3. The smallest absolute Gasteiger partial charge is 0.274 e. The predicted octanol–water partition coefficient (Wildman–Crippen LogP) is 5.54. The Bertz CT molecular complexity index is 1480. The number of hydrogen-bond acceptors (Lipinski definition) is 7. The molecule has 0 radical (unpaired) electrons. The van der Waals surface area contributed by atoms with E-state index in [4.69, 9.17) is 9.94 Å². The van der Waals surface area contributed by atoms with Crippen LogP contribution < -0.4 is 15.5 Å². The summed E-state index contributed by atoms with van der Waals surface area (Å²) in [5, 5.41) is 13.9. The molecule has 35 heavy (non-hydrogen) atoms. The van der Waals surface area contributed by atoms with E-state index in [9.17, 15) is 4.79 Å². The van der Waals surface area contributed by atoms with Crippen molar-refractivity contribution in [1.29, 1.82) is 0 Å². The molecule has 0 aliphatic heterocycles. The molecule has 7 nitrogen and oxygen atoms in total. The topological polar surface area (TPSA) is 96.4 Å². The van der Waals surface area contributed by atoms with Crippen LogP contribution in [0.2, 0.25) is 0 Å². The first kappa shape index (κ1) is 22.5. The normalized spacial score (nSPS) is 11.5. The molecule has 0 spiro atoms. The van der Waals surface area contributed by atoms with E-state index in [1.165, 1.54) is 11.3 Å². The molecule has 0 aliphatic rings. The van der Waals surface area contributed by atoms with E-state index in [2.05, 4.69) is 21.4 Å². The van der Waals surface area contributed by atoms with E-state index < -0.39 is 5.91 Å². The summed E-state index contributed by atoms with van der Waals surface area (Å²) in [5.74, 6) is -0.551. The zero-order valence-electron chi connectivity index (χ0n) is 18.6. The van der Waals surface area contributed by atoms with E-state index in [1.54, 1.807) is 17.6 Å². The minimum absolute atomic E-state index is 0.340. The van der Waals surface area contributed by atoms with Gasteiger partial charge in [0.2, 0.25) is 0 Å². The average molecular weight is 483 g/mol. The maximum absolute atomic E-state index is 11.6. The lowest BCUT2D eigenvalue weighted by Crippen LogP contribution is -2.18. The van der Waals surface area contributed by atoms with Crippen LogP contribution in [-0.2, 0) is 0 Å². The van der Waals surface area contributed by atoms with Gasteiger partial charge in [-0.15, -0.1) is 0 Å². The van der Waals surface area contributed by atoms with Crippen molar-refractivity contribution in [2.45, 2.75) is 0 Å². The van der Waals surface area contributed by atoms with E-state index in [0.29, 0.717) is 23.9 Å². The van der Waals surface area contributed by atoms with Gasteiger partial charge < -0.3 is 10.1 Å². The maximum atomic E-state index is 11.6. The van der Waals surface area contributed by atoms with Crippen LogP contribution >= 0.6 is 11.3 Å². The van der Waals surface area contributed by atoms with Crippen molar-refractivity contribution in [3.05, 3.63) is 102 Å². The zero-order valence-corrected chi connectivity index (χ0v) is 19.5. The third-order valence-electron chi connectivity index (χ3n) is 5.41. The number of fused-ring (bicyclic) bond motifs is 2. The number of pyridine rings is 1. The molecule has 2 heterocycles. The largest absolute Gasteiger partial charge is 0.465 e. The number of para-hydroxylation sites is 2. The third-order valence-corrected chi connectivity index (χ3v) is 6.36. The molecule has 3 N–H and O–H groups in total. The lowest BCUT2D eigenvalue weighted by Gasteiger charge is -2.12. The standard InChI is InChI=1S/C27H22N4O3S/c32-26(31-33)20-11-9-18(10-12-20)13-19(17-34-27-30-24-7-3-4-8-25(24)35-27)15-28-22-14-21-5-1-2-6-23(21)29-16-22/h1-14,16,28,33H,15,17H2,(H,31,32). The van der Waals surface area contributed by atoms with Crippen molar-refractivity contribution in [3.8, 4) is 5.19 Å². The number of thiazole rings is 1. The number of rotatable bonds is 8. The van der Waals surface area contributed by atoms with Gasteiger partial charge in [-0.25, -0.2) is 10.5 Å². The Balaban J connectivity index is 1.35. The van der Waals surface area contributed by atoms with Gasteiger partial charge in [-0.3, -0.25) is 15.0 Å². The first-order chi connectivity index (χ1) is 17.2. The van der Waals surface area contributed by atoms with Crippen LogP contribution in [0.3, 0.4) is 0 Å². The van der Waals surface area contributed by atoms with Gasteiger partial charge in [0.25, 0.3) is 11.1 Å². The first-order valence-electron chi connectivity index (χ1n) is 11.0. The van der Waals surface area contributed by atoms with E-state index >= 15 is 0 Å². The lowest BCUT2D eigenvalue weighted by atomic mass is 10.1. The second-order valence-corrected chi connectivity index (χ2v) is 8.87. The molecule has 2 aromatic heterocycles. The number of benzene rings is 3. The van der Waals surface area contributed by atoms with Crippen molar-refractivity contribution < 1.29 is 14.7 Å². The minimum atomic E-state index is -0.551. The van der Waals surface area contributed by atoms with Crippen molar-refractivity contribution in [2.75, 3.05) is 18.5 Å². The fourth-order valence-electron chi connectivity index (χ4n) is 3.63. The second kappa shape index (κ2) is 10.3. The highest BCUT2D eigenvalue weighted by Gasteiger charge is 2.08. The summed E-state index contributed by atoms with van der Waals surface area (Å²) in [5.41, 5.74) is 6.67. The third kappa shape index (κ3) is 5.46. The summed E-state index contributed by atoms with van der Waals surface area (Å²) in [6.07, 6.45) is 3.83. The molecule has 5 rings (SSSR count). The molecular formula is C27H22N4O3S. The molecule has 0 aliphatic carbocycles. The van der Waals surface area contributed by atoms with E-state index in [0.717, 1.165) is 37.9 Å². The molecule has 0 saturated heterocycles. The molecule has 0 saturated carbocycles. The highest BCUT2D eigenvalue weighted by atomic mass is 32.1. The van der Waals surface area contributed by atoms with Crippen LogP contribution in [0.15, 0.2) is 90.6 Å². The monoisotopic (exact) mass is 482 g/mol. The fourth-order valence-corrected chi connectivity index (χ4v) is 4.44. The summed E-state index contributed by atoms with van der Waals surface area (Å²) < 4.78 is 7.12. The number of amides is 1. The highest BCUT2D eigenvalue weighted by molar-refractivity contribution is 7.20. The summed E-state index contributed by atoms with van der Waals surface area (Å²) in [6, 6.07) is 24.9. The summed E-state index contributed by atoms with van der Waals surface area (Å²) in [7, 11) is 0. The van der Waals surface area contributed by atoms with Crippen LogP contribution in [0.4, 0.5) is 5.69 Å². The van der Waals surface area contributed by atoms with Gasteiger partial charge in [0.1, 0.15) is 6.61 Å². The van der Waals surface area contributed by atoms with Crippen molar-refractivity contribution in [1.82, 2.24) is 15.4 Å². The van der Waals surface area contributed by atoms with Gasteiger partial charge in [-0.2, -0.15) is 0 Å². The molecule has 5 aromatic rings.